The van der Waals surface area contributed by atoms with Gasteiger partial charge in [0.2, 0.25) is 11.4 Å². The summed E-state index contributed by atoms with van der Waals surface area (Å²) in [7, 11) is 2.89. The average molecular weight is 459 g/mol. The van der Waals surface area contributed by atoms with E-state index < -0.39 is 23.4 Å². The molecule has 1 spiro atoms. The smallest absolute Gasteiger partial charge is 0.231 e. The first-order chi connectivity index (χ1) is 15.3. The van der Waals surface area contributed by atoms with E-state index in [0.29, 0.717) is 16.9 Å². The topological polar surface area (TPSA) is 71.1 Å². The van der Waals surface area contributed by atoms with E-state index in [1.165, 1.54) is 32.4 Å². The van der Waals surface area contributed by atoms with Crippen molar-refractivity contribution in [1.82, 2.24) is 0 Å². The van der Waals surface area contributed by atoms with Crippen molar-refractivity contribution in [3.8, 4) is 17.2 Å². The minimum absolute atomic E-state index is 0.106. The highest BCUT2D eigenvalue weighted by atomic mass is 35.5. The third-order valence-corrected chi connectivity index (χ3v) is 6.78. The van der Waals surface area contributed by atoms with E-state index >= 15 is 0 Å². The molecule has 6 nitrogen and oxygen atoms in total. The van der Waals surface area contributed by atoms with Crippen LogP contribution in [-0.2, 0) is 9.53 Å². The van der Waals surface area contributed by atoms with Crippen molar-refractivity contribution in [2.24, 2.45) is 5.92 Å². The van der Waals surface area contributed by atoms with Crippen LogP contribution in [0.4, 0.5) is 4.39 Å². The first-order valence-electron chi connectivity index (χ1n) is 10.2. The molecule has 0 unspecified atom stereocenters. The number of hydrogen-bond donors (Lipinski definition) is 0. The molecule has 8 heteroatoms. The van der Waals surface area contributed by atoms with Crippen LogP contribution in [0.15, 0.2) is 41.7 Å². The summed E-state index contributed by atoms with van der Waals surface area (Å²) < 4.78 is 37.0. The normalized spacial score (nSPS) is 26.0. The fraction of sp³-hybridized carbons (Fsp3) is 0.333. The zero-order valence-electron chi connectivity index (χ0n) is 17.7. The van der Waals surface area contributed by atoms with Gasteiger partial charge >= 0.3 is 0 Å². The molecule has 0 fully saturated rings. The molecule has 0 bridgehead atoms. The second kappa shape index (κ2) is 7.24. The zero-order valence-corrected chi connectivity index (χ0v) is 18.4. The van der Waals surface area contributed by atoms with Crippen molar-refractivity contribution in [3.05, 3.63) is 63.6 Å². The highest BCUT2D eigenvalue weighted by Crippen LogP contribution is 2.58. The Hall–Kier alpha value is -3.06. The molecular weight excluding hydrogens is 439 g/mol. The van der Waals surface area contributed by atoms with Crippen LogP contribution in [0.5, 0.6) is 17.2 Å². The summed E-state index contributed by atoms with van der Waals surface area (Å²) in [6.45, 7) is 1.77. The standard InChI is InChI=1S/C24H20ClFO6/c1-11-7-15(27)14-9-16(12-5-4-6-13(26)8-12)31-23(14)24(11)22(28)19-17(29-2)10-18(30-3)20(25)21(19)32-24/h4-6,8,10-11,16H,7,9H2,1-3H3/t11-,16-,24-/m1/s1. The molecule has 2 aliphatic heterocycles. The van der Waals surface area contributed by atoms with Gasteiger partial charge in [0, 0.05) is 30.4 Å². The van der Waals surface area contributed by atoms with Gasteiger partial charge in [0.1, 0.15) is 34.0 Å². The van der Waals surface area contributed by atoms with E-state index in [2.05, 4.69) is 0 Å². The van der Waals surface area contributed by atoms with Crippen LogP contribution in [0.25, 0.3) is 0 Å². The number of carbonyl (C=O) groups excluding carboxylic acids is 2. The molecule has 0 N–H and O–H groups in total. The van der Waals surface area contributed by atoms with E-state index in [1.54, 1.807) is 19.1 Å². The zero-order chi connectivity index (χ0) is 22.8. The van der Waals surface area contributed by atoms with Crippen LogP contribution in [-0.4, -0.2) is 31.4 Å². The molecule has 0 saturated heterocycles. The fourth-order valence-corrected chi connectivity index (χ4v) is 5.09. The van der Waals surface area contributed by atoms with Gasteiger partial charge < -0.3 is 18.9 Å². The number of ether oxygens (including phenoxy) is 4. The minimum atomic E-state index is -1.56. The predicted molar refractivity (Wildman–Crippen MR) is 113 cm³/mol. The Morgan fingerprint density at radius 2 is 1.88 bits per heavy atom. The minimum Gasteiger partial charge on any atom is -0.496 e. The maximum Gasteiger partial charge on any atom is 0.231 e. The summed E-state index contributed by atoms with van der Waals surface area (Å²) in [4.78, 5) is 26.8. The van der Waals surface area contributed by atoms with Gasteiger partial charge in [0.15, 0.2) is 17.3 Å². The molecule has 3 atom stereocenters. The second-order valence-electron chi connectivity index (χ2n) is 8.17. The van der Waals surface area contributed by atoms with Gasteiger partial charge in [0.05, 0.1) is 14.2 Å². The lowest BCUT2D eigenvalue weighted by molar-refractivity contribution is -0.119. The highest BCUT2D eigenvalue weighted by Gasteiger charge is 2.63. The van der Waals surface area contributed by atoms with E-state index in [9.17, 15) is 14.0 Å². The molecule has 166 valence electrons. The summed E-state index contributed by atoms with van der Waals surface area (Å²) >= 11 is 6.49. The number of ketones is 2. The molecule has 3 aliphatic rings. The number of halogens is 2. The van der Waals surface area contributed by atoms with Crippen LogP contribution in [0.3, 0.4) is 0 Å². The number of methoxy groups -OCH3 is 2. The van der Waals surface area contributed by atoms with Crippen LogP contribution in [0.1, 0.15) is 41.8 Å². The maximum atomic E-state index is 13.9. The monoisotopic (exact) mass is 458 g/mol. The Bertz CT molecular complexity index is 1210. The summed E-state index contributed by atoms with van der Waals surface area (Å²) in [6.07, 6.45) is -0.267. The van der Waals surface area contributed by atoms with Gasteiger partial charge in [-0.05, 0) is 17.7 Å². The van der Waals surface area contributed by atoms with E-state index in [0.717, 1.165) is 0 Å². The predicted octanol–water partition coefficient (Wildman–Crippen LogP) is 4.83. The highest BCUT2D eigenvalue weighted by molar-refractivity contribution is 6.35. The van der Waals surface area contributed by atoms with Crippen molar-refractivity contribution >= 4 is 23.2 Å². The van der Waals surface area contributed by atoms with Crippen LogP contribution < -0.4 is 14.2 Å². The Kier molecular flexibility index (Phi) is 4.71. The lowest BCUT2D eigenvalue weighted by atomic mass is 9.73. The fourth-order valence-electron chi connectivity index (χ4n) is 4.82. The molecule has 1 aliphatic carbocycles. The number of rotatable bonds is 3. The third kappa shape index (κ3) is 2.70. The first-order valence-corrected chi connectivity index (χ1v) is 10.6. The lowest BCUT2D eigenvalue weighted by Crippen LogP contribution is -2.52. The molecule has 0 aromatic heterocycles. The lowest BCUT2D eigenvalue weighted by Gasteiger charge is -2.37. The van der Waals surface area contributed by atoms with Gasteiger partial charge in [-0.3, -0.25) is 9.59 Å². The number of fused-ring (bicyclic) bond motifs is 2. The summed E-state index contributed by atoms with van der Waals surface area (Å²) in [5, 5.41) is 0.138. The van der Waals surface area contributed by atoms with E-state index in [4.69, 9.17) is 30.5 Å². The third-order valence-electron chi connectivity index (χ3n) is 6.42. The molecule has 2 heterocycles. The van der Waals surface area contributed by atoms with Crippen LogP contribution >= 0.6 is 11.6 Å². The van der Waals surface area contributed by atoms with Crippen molar-refractivity contribution in [2.75, 3.05) is 14.2 Å². The largest absolute Gasteiger partial charge is 0.496 e. The summed E-state index contributed by atoms with van der Waals surface area (Å²) in [5.74, 6) is -0.560. The second-order valence-corrected chi connectivity index (χ2v) is 8.55. The molecular formula is C24H20ClFO6. The van der Waals surface area contributed by atoms with Gasteiger partial charge in [-0.1, -0.05) is 30.7 Å². The number of carbonyl (C=O) groups is 2. The summed E-state index contributed by atoms with van der Waals surface area (Å²) in [5.41, 5.74) is -0.406. The van der Waals surface area contributed by atoms with Crippen molar-refractivity contribution < 1.29 is 32.9 Å². The molecule has 0 amide bonds. The molecule has 0 saturated carbocycles. The van der Waals surface area contributed by atoms with Crippen molar-refractivity contribution in [3.63, 3.8) is 0 Å². The quantitative estimate of drug-likeness (QED) is 0.655. The molecule has 5 rings (SSSR count). The molecule has 32 heavy (non-hydrogen) atoms. The molecule has 0 radical (unpaired) electrons. The van der Waals surface area contributed by atoms with Gasteiger partial charge in [-0.2, -0.15) is 0 Å². The van der Waals surface area contributed by atoms with Gasteiger partial charge in [-0.15, -0.1) is 0 Å². The van der Waals surface area contributed by atoms with E-state index in [1.807, 2.05) is 0 Å². The Morgan fingerprint density at radius 3 is 2.56 bits per heavy atom. The Labute approximate surface area is 188 Å². The van der Waals surface area contributed by atoms with Gasteiger partial charge in [-0.25, -0.2) is 4.39 Å². The van der Waals surface area contributed by atoms with E-state index in [-0.39, 0.29) is 52.3 Å². The number of benzene rings is 2. The number of hydrogen-bond acceptors (Lipinski definition) is 6. The van der Waals surface area contributed by atoms with Gasteiger partial charge in [0.25, 0.3) is 0 Å². The van der Waals surface area contributed by atoms with Crippen LogP contribution in [0, 0.1) is 11.7 Å². The first kappa shape index (κ1) is 20.8. The Morgan fingerprint density at radius 1 is 1.12 bits per heavy atom. The van der Waals surface area contributed by atoms with Crippen molar-refractivity contribution in [2.45, 2.75) is 31.5 Å². The molecule has 2 aromatic rings. The SMILES string of the molecule is COc1cc(OC)c2c(c1Cl)O[C@]1(C2=O)C2=C(C[C@H](c3cccc(F)c3)O2)C(=O)C[C@H]1C. The summed E-state index contributed by atoms with van der Waals surface area (Å²) in [6, 6.07) is 7.53. The molecule has 2 aromatic carbocycles. The average Bonchev–Trinajstić information content (AvgIpc) is 3.35. The van der Waals surface area contributed by atoms with Crippen LogP contribution in [0.2, 0.25) is 5.02 Å². The maximum absolute atomic E-state index is 13.9. The number of Topliss-reactive ketones (excluding diaryl/α,β-unsaturated/α-hetero) is 2. The van der Waals surface area contributed by atoms with Crippen molar-refractivity contribution in [1.29, 1.82) is 0 Å². The Balaban J connectivity index is 1.64.